The summed E-state index contributed by atoms with van der Waals surface area (Å²) in [7, 11) is 0. The van der Waals surface area contributed by atoms with E-state index in [4.69, 9.17) is 13.9 Å². The lowest BCUT2D eigenvalue weighted by Gasteiger charge is -2.25. The number of benzene rings is 2. The number of rotatable bonds is 9. The summed E-state index contributed by atoms with van der Waals surface area (Å²) < 4.78 is 17.5. The van der Waals surface area contributed by atoms with Gasteiger partial charge in [-0.05, 0) is 49.6 Å². The minimum Gasteiger partial charge on any atom is -0.490 e. The minimum absolute atomic E-state index is 0.0564. The Labute approximate surface area is 186 Å². The summed E-state index contributed by atoms with van der Waals surface area (Å²) >= 11 is 0. The van der Waals surface area contributed by atoms with Gasteiger partial charge in [0, 0.05) is 13.2 Å². The molecule has 0 unspecified atom stereocenters. The fourth-order valence-corrected chi connectivity index (χ4v) is 4.08. The molecular formula is C25H27NO6. The van der Waals surface area contributed by atoms with Crippen LogP contribution in [0.1, 0.15) is 54.4 Å². The largest absolute Gasteiger partial charge is 0.490 e. The Hall–Kier alpha value is -3.32. The molecule has 0 radical (unpaired) electrons. The highest BCUT2D eigenvalue weighted by molar-refractivity contribution is 5.99. The van der Waals surface area contributed by atoms with Gasteiger partial charge in [-0.25, -0.2) is 0 Å². The Kier molecular flexibility index (Phi) is 6.46. The van der Waals surface area contributed by atoms with E-state index in [0.29, 0.717) is 47.7 Å². The van der Waals surface area contributed by atoms with Gasteiger partial charge in [0.1, 0.15) is 5.58 Å². The van der Waals surface area contributed by atoms with Gasteiger partial charge in [-0.2, -0.15) is 0 Å². The van der Waals surface area contributed by atoms with Gasteiger partial charge in [-0.15, -0.1) is 0 Å². The van der Waals surface area contributed by atoms with E-state index in [1.54, 1.807) is 29.2 Å². The van der Waals surface area contributed by atoms with Crippen LogP contribution in [0.3, 0.4) is 0 Å². The number of amides is 1. The number of hydrogen-bond acceptors (Lipinski definition) is 6. The SMILES string of the molecule is CCCOc1ccc([C@@H]2c3c(oc4ccccc4c3=O)C(=O)N2CCCO)cc1OCC. The van der Waals surface area contributed by atoms with Crippen molar-refractivity contribution in [3.8, 4) is 11.5 Å². The maximum Gasteiger partial charge on any atom is 0.290 e. The zero-order valence-electron chi connectivity index (χ0n) is 18.3. The van der Waals surface area contributed by atoms with Gasteiger partial charge < -0.3 is 23.9 Å². The van der Waals surface area contributed by atoms with Gasteiger partial charge in [0.25, 0.3) is 5.91 Å². The zero-order valence-corrected chi connectivity index (χ0v) is 18.3. The van der Waals surface area contributed by atoms with Gasteiger partial charge in [-0.1, -0.05) is 25.1 Å². The average Bonchev–Trinajstić information content (AvgIpc) is 3.09. The van der Waals surface area contributed by atoms with Crippen molar-refractivity contribution in [1.29, 1.82) is 0 Å². The molecule has 0 saturated heterocycles. The van der Waals surface area contributed by atoms with Crippen LogP contribution in [0.5, 0.6) is 11.5 Å². The molecule has 32 heavy (non-hydrogen) atoms. The Morgan fingerprint density at radius 3 is 2.62 bits per heavy atom. The van der Waals surface area contributed by atoms with Crippen LogP contribution in [-0.2, 0) is 0 Å². The van der Waals surface area contributed by atoms with Gasteiger partial charge in [-0.3, -0.25) is 9.59 Å². The second kappa shape index (κ2) is 9.44. The van der Waals surface area contributed by atoms with E-state index < -0.39 is 6.04 Å². The zero-order chi connectivity index (χ0) is 22.7. The van der Waals surface area contributed by atoms with E-state index in [9.17, 15) is 14.7 Å². The minimum atomic E-state index is -0.635. The summed E-state index contributed by atoms with van der Waals surface area (Å²) in [5, 5.41) is 9.80. The third kappa shape index (κ3) is 3.84. The van der Waals surface area contributed by atoms with Crippen LogP contribution in [0, 0.1) is 0 Å². The fourth-order valence-electron chi connectivity index (χ4n) is 4.08. The van der Waals surface area contributed by atoms with E-state index in [1.165, 1.54) is 0 Å². The molecule has 1 aliphatic rings. The summed E-state index contributed by atoms with van der Waals surface area (Å²) in [6.07, 6.45) is 1.25. The van der Waals surface area contributed by atoms with Crippen LogP contribution in [0.25, 0.3) is 11.0 Å². The molecule has 168 valence electrons. The first kappa shape index (κ1) is 21.9. The molecule has 1 atom stereocenters. The molecule has 7 heteroatoms. The number of aliphatic hydroxyl groups is 1. The monoisotopic (exact) mass is 437 g/mol. The number of carbonyl (C=O) groups is 1. The van der Waals surface area contributed by atoms with Crippen molar-refractivity contribution < 1.29 is 23.8 Å². The Balaban J connectivity index is 1.88. The molecular weight excluding hydrogens is 410 g/mol. The lowest BCUT2D eigenvalue weighted by Crippen LogP contribution is -2.31. The first-order chi connectivity index (χ1) is 15.6. The first-order valence-corrected chi connectivity index (χ1v) is 11.0. The highest BCUT2D eigenvalue weighted by Gasteiger charge is 2.42. The quantitative estimate of drug-likeness (QED) is 0.546. The molecule has 2 heterocycles. The molecule has 0 spiro atoms. The van der Waals surface area contributed by atoms with E-state index in [0.717, 1.165) is 12.0 Å². The topological polar surface area (TPSA) is 89.2 Å². The van der Waals surface area contributed by atoms with E-state index in [2.05, 4.69) is 0 Å². The van der Waals surface area contributed by atoms with Crippen molar-refractivity contribution in [3.05, 3.63) is 69.6 Å². The van der Waals surface area contributed by atoms with Crippen LogP contribution in [0.15, 0.2) is 51.7 Å². The predicted octanol–water partition coefficient (Wildman–Crippen LogP) is 3.91. The van der Waals surface area contributed by atoms with Crippen molar-refractivity contribution in [2.45, 2.75) is 32.7 Å². The van der Waals surface area contributed by atoms with Crippen LogP contribution < -0.4 is 14.9 Å². The van der Waals surface area contributed by atoms with Crippen molar-refractivity contribution in [1.82, 2.24) is 4.90 Å². The number of carbonyl (C=O) groups excluding carboxylic acids is 1. The molecule has 3 aromatic rings. The third-order valence-electron chi connectivity index (χ3n) is 5.48. The Bertz CT molecular complexity index is 1180. The van der Waals surface area contributed by atoms with E-state index in [-0.39, 0.29) is 30.2 Å². The fraction of sp³-hybridized carbons (Fsp3) is 0.360. The molecule has 1 N–H and O–H groups in total. The van der Waals surface area contributed by atoms with Gasteiger partial charge >= 0.3 is 0 Å². The molecule has 0 fully saturated rings. The normalized spacial score (nSPS) is 15.3. The molecule has 0 saturated carbocycles. The standard InChI is InChI=1S/C25H27NO6/c1-3-14-31-19-11-10-16(15-20(19)30-4-2)22-21-23(28)17-8-5-6-9-18(17)32-24(21)25(29)26(22)12-7-13-27/h5-6,8-11,15,22,27H,3-4,7,12-14H2,1-2H3/t22-/m1/s1. The maximum absolute atomic E-state index is 13.4. The smallest absolute Gasteiger partial charge is 0.290 e. The number of para-hydroxylation sites is 1. The maximum atomic E-state index is 13.4. The molecule has 1 aromatic heterocycles. The molecule has 7 nitrogen and oxygen atoms in total. The lowest BCUT2D eigenvalue weighted by molar-refractivity contribution is 0.0716. The Morgan fingerprint density at radius 2 is 1.88 bits per heavy atom. The summed E-state index contributed by atoms with van der Waals surface area (Å²) in [5.41, 5.74) is 1.20. The molecule has 0 aliphatic carbocycles. The average molecular weight is 437 g/mol. The summed E-state index contributed by atoms with van der Waals surface area (Å²) in [4.78, 5) is 28.3. The predicted molar refractivity (Wildman–Crippen MR) is 120 cm³/mol. The second-order valence-corrected chi connectivity index (χ2v) is 7.64. The number of aliphatic hydroxyl groups excluding tert-OH is 1. The van der Waals surface area contributed by atoms with Crippen LogP contribution in [0.2, 0.25) is 0 Å². The van der Waals surface area contributed by atoms with E-state index in [1.807, 2.05) is 32.0 Å². The summed E-state index contributed by atoms with van der Waals surface area (Å²) in [6, 6.07) is 11.8. The highest BCUT2D eigenvalue weighted by atomic mass is 16.5. The summed E-state index contributed by atoms with van der Waals surface area (Å²) in [6.45, 7) is 5.15. The van der Waals surface area contributed by atoms with Gasteiger partial charge in [0.2, 0.25) is 5.76 Å². The second-order valence-electron chi connectivity index (χ2n) is 7.64. The Morgan fingerprint density at radius 1 is 1.06 bits per heavy atom. The molecule has 2 aromatic carbocycles. The third-order valence-corrected chi connectivity index (χ3v) is 5.48. The number of ether oxygens (including phenoxy) is 2. The van der Waals surface area contributed by atoms with Gasteiger partial charge in [0.05, 0.1) is 30.2 Å². The summed E-state index contributed by atoms with van der Waals surface area (Å²) in [5.74, 6) is 0.882. The van der Waals surface area contributed by atoms with Crippen LogP contribution in [0.4, 0.5) is 0 Å². The molecule has 1 aliphatic heterocycles. The van der Waals surface area contributed by atoms with E-state index >= 15 is 0 Å². The van der Waals surface area contributed by atoms with Crippen molar-refractivity contribution in [2.75, 3.05) is 26.4 Å². The first-order valence-electron chi connectivity index (χ1n) is 11.0. The van der Waals surface area contributed by atoms with Crippen LogP contribution >= 0.6 is 0 Å². The highest BCUT2D eigenvalue weighted by Crippen LogP contribution is 2.41. The number of hydrogen-bond donors (Lipinski definition) is 1. The molecule has 1 amide bonds. The van der Waals surface area contributed by atoms with Crippen molar-refractivity contribution >= 4 is 16.9 Å². The van der Waals surface area contributed by atoms with Crippen molar-refractivity contribution in [3.63, 3.8) is 0 Å². The molecule has 0 bridgehead atoms. The van der Waals surface area contributed by atoms with Crippen molar-refractivity contribution in [2.24, 2.45) is 0 Å². The molecule has 4 rings (SSSR count). The van der Waals surface area contributed by atoms with Gasteiger partial charge in [0.15, 0.2) is 16.9 Å². The number of fused-ring (bicyclic) bond motifs is 2. The number of nitrogens with zero attached hydrogens (tertiary/aromatic N) is 1. The lowest BCUT2D eigenvalue weighted by atomic mass is 9.98. The van der Waals surface area contributed by atoms with Crippen LogP contribution in [-0.4, -0.2) is 42.3 Å².